The molecule has 4 rings (SSSR count). The van der Waals surface area contributed by atoms with E-state index >= 15 is 0 Å². The van der Waals surface area contributed by atoms with Gasteiger partial charge in [-0.05, 0) is 110 Å². The molecule has 27 heavy (non-hydrogen) atoms. The quantitative estimate of drug-likeness (QED) is 0.445. The minimum atomic E-state index is -1.50. The molecule has 0 radical (unpaired) electrons. The molecule has 4 aliphatic rings. The Morgan fingerprint density at radius 3 is 2.22 bits per heavy atom. The summed E-state index contributed by atoms with van der Waals surface area (Å²) >= 11 is 0. The van der Waals surface area contributed by atoms with E-state index in [1.54, 1.807) is 0 Å². The lowest BCUT2D eigenvalue weighted by Crippen LogP contribution is -2.57. The smallest absolute Gasteiger partial charge is 0.241 e. The fraction of sp³-hybridized carbons (Fsp3) is 0.920. The van der Waals surface area contributed by atoms with E-state index in [0.717, 1.165) is 41.4 Å². The first kappa shape index (κ1) is 20.0. The van der Waals surface area contributed by atoms with Gasteiger partial charge in [0.15, 0.2) is 0 Å². The van der Waals surface area contributed by atoms with Gasteiger partial charge < -0.3 is 4.43 Å². The van der Waals surface area contributed by atoms with Crippen molar-refractivity contribution in [2.45, 2.75) is 92.8 Å². The SMILES string of the molecule is C[C@@H]1C2C(CC[C@@]3(C)C2CC[C@@H]3C)[C@@]2(C)CCC(O[Si](C)(C)C)=CC2[C@H]1C. The summed E-state index contributed by atoms with van der Waals surface area (Å²) in [5, 5.41) is 0. The molecule has 4 aliphatic carbocycles. The highest BCUT2D eigenvalue weighted by atomic mass is 28.4. The Balaban J connectivity index is 1.67. The maximum Gasteiger partial charge on any atom is 0.241 e. The van der Waals surface area contributed by atoms with Gasteiger partial charge in [0.1, 0.15) is 0 Å². The summed E-state index contributed by atoms with van der Waals surface area (Å²) in [7, 11) is -1.50. The first-order valence-electron chi connectivity index (χ1n) is 11.9. The van der Waals surface area contributed by atoms with Gasteiger partial charge in [-0.15, -0.1) is 0 Å². The zero-order chi connectivity index (χ0) is 19.8. The topological polar surface area (TPSA) is 9.23 Å². The maximum atomic E-state index is 6.49. The monoisotopic (exact) mass is 388 g/mol. The number of hydrogen-bond acceptors (Lipinski definition) is 1. The van der Waals surface area contributed by atoms with E-state index in [2.05, 4.69) is 60.3 Å². The van der Waals surface area contributed by atoms with Crippen molar-refractivity contribution in [3.05, 3.63) is 11.8 Å². The first-order chi connectivity index (χ1) is 12.5. The second-order valence-electron chi connectivity index (χ2n) is 12.4. The predicted octanol–water partition coefficient (Wildman–Crippen LogP) is 7.50. The van der Waals surface area contributed by atoms with Crippen LogP contribution in [0.2, 0.25) is 19.6 Å². The van der Waals surface area contributed by atoms with E-state index in [4.69, 9.17) is 4.43 Å². The second-order valence-corrected chi connectivity index (χ2v) is 16.8. The fourth-order valence-corrected chi connectivity index (χ4v) is 9.29. The number of hydrogen-bond donors (Lipinski definition) is 0. The summed E-state index contributed by atoms with van der Waals surface area (Å²) < 4.78 is 6.49. The molecule has 0 amide bonds. The lowest BCUT2D eigenvalue weighted by Gasteiger charge is -2.63. The van der Waals surface area contributed by atoms with Crippen molar-refractivity contribution in [1.29, 1.82) is 0 Å². The third-order valence-electron chi connectivity index (χ3n) is 10.1. The normalized spacial score (nSPS) is 52.4. The molecule has 0 spiro atoms. The maximum absolute atomic E-state index is 6.49. The summed E-state index contributed by atoms with van der Waals surface area (Å²) in [6.07, 6.45) is 11.1. The van der Waals surface area contributed by atoms with Crippen molar-refractivity contribution in [2.75, 3.05) is 0 Å². The standard InChI is InChI=1S/C25H44OSi/c1-16-9-10-20-23-18(3)17(2)22-15-19(26-27(6,7)8)11-13-25(22,5)21(23)12-14-24(16,20)4/h15-18,20-23H,9-14H2,1-8H3/t16-,17-,18-,20?,21?,22?,23?,24+,25+/m0/s1. The highest BCUT2D eigenvalue weighted by Gasteiger charge is 2.62. The van der Waals surface area contributed by atoms with Crippen LogP contribution in [-0.2, 0) is 4.43 Å². The van der Waals surface area contributed by atoms with Crippen LogP contribution in [0.3, 0.4) is 0 Å². The summed E-state index contributed by atoms with van der Waals surface area (Å²) in [4.78, 5) is 0. The second kappa shape index (κ2) is 6.38. The molecule has 0 aromatic rings. The van der Waals surface area contributed by atoms with Crippen molar-refractivity contribution >= 4 is 8.32 Å². The Morgan fingerprint density at radius 1 is 0.889 bits per heavy atom. The molecule has 4 unspecified atom stereocenters. The zero-order valence-electron chi connectivity index (χ0n) is 19.3. The van der Waals surface area contributed by atoms with Crippen LogP contribution < -0.4 is 0 Å². The van der Waals surface area contributed by atoms with E-state index in [9.17, 15) is 0 Å². The summed E-state index contributed by atoms with van der Waals surface area (Å²) in [5.74, 6) is 7.49. The largest absolute Gasteiger partial charge is 0.548 e. The molecule has 3 fully saturated rings. The van der Waals surface area contributed by atoms with E-state index < -0.39 is 8.32 Å². The molecule has 0 heterocycles. The number of fused-ring (bicyclic) bond motifs is 5. The van der Waals surface area contributed by atoms with Crippen LogP contribution >= 0.6 is 0 Å². The third-order valence-corrected chi connectivity index (χ3v) is 11.0. The fourth-order valence-electron chi connectivity index (χ4n) is 8.33. The molecule has 0 aromatic carbocycles. The van der Waals surface area contributed by atoms with Gasteiger partial charge >= 0.3 is 0 Å². The van der Waals surface area contributed by atoms with E-state index in [0.29, 0.717) is 10.8 Å². The molecule has 0 bridgehead atoms. The van der Waals surface area contributed by atoms with Crippen LogP contribution in [-0.4, -0.2) is 8.32 Å². The molecule has 0 N–H and O–H groups in total. The molecule has 9 atom stereocenters. The van der Waals surface area contributed by atoms with Crippen molar-refractivity contribution in [1.82, 2.24) is 0 Å². The van der Waals surface area contributed by atoms with Gasteiger partial charge in [-0.1, -0.05) is 34.6 Å². The average Bonchev–Trinajstić information content (AvgIpc) is 2.88. The Morgan fingerprint density at radius 2 is 1.56 bits per heavy atom. The lowest BCUT2D eigenvalue weighted by atomic mass is 9.41. The van der Waals surface area contributed by atoms with E-state index in [1.807, 2.05) is 0 Å². The summed E-state index contributed by atoms with van der Waals surface area (Å²) in [6, 6.07) is 0. The average molecular weight is 389 g/mol. The number of allylic oxidation sites excluding steroid dienone is 2. The third kappa shape index (κ3) is 2.99. The Bertz CT molecular complexity index is 618. The molecule has 0 saturated heterocycles. The Hall–Kier alpha value is -0.243. The Labute approximate surface area is 169 Å². The van der Waals surface area contributed by atoms with Crippen LogP contribution in [0, 0.1) is 52.3 Å². The molecular formula is C25H44OSi. The van der Waals surface area contributed by atoms with Gasteiger partial charge in [-0.25, -0.2) is 0 Å². The lowest BCUT2D eigenvalue weighted by molar-refractivity contribution is -0.139. The number of rotatable bonds is 2. The summed E-state index contributed by atoms with van der Waals surface area (Å²) in [6.45, 7) is 20.0. The molecule has 3 saturated carbocycles. The van der Waals surface area contributed by atoms with E-state index in [-0.39, 0.29) is 0 Å². The molecule has 0 aliphatic heterocycles. The molecule has 1 nitrogen and oxygen atoms in total. The van der Waals surface area contributed by atoms with Gasteiger partial charge in [0.2, 0.25) is 8.32 Å². The first-order valence-corrected chi connectivity index (χ1v) is 15.3. The van der Waals surface area contributed by atoms with Crippen LogP contribution in [0.25, 0.3) is 0 Å². The van der Waals surface area contributed by atoms with Crippen molar-refractivity contribution in [3.63, 3.8) is 0 Å². The minimum Gasteiger partial charge on any atom is -0.548 e. The molecule has 154 valence electrons. The minimum absolute atomic E-state index is 0.496. The van der Waals surface area contributed by atoms with Gasteiger partial charge in [-0.2, -0.15) is 0 Å². The van der Waals surface area contributed by atoms with Crippen LogP contribution in [0.15, 0.2) is 11.8 Å². The molecule has 2 heteroatoms. The van der Waals surface area contributed by atoms with E-state index in [1.165, 1.54) is 44.3 Å². The van der Waals surface area contributed by atoms with Crippen molar-refractivity contribution in [3.8, 4) is 0 Å². The van der Waals surface area contributed by atoms with Gasteiger partial charge in [-0.3, -0.25) is 0 Å². The van der Waals surface area contributed by atoms with Gasteiger partial charge in [0.05, 0.1) is 5.76 Å². The highest BCUT2D eigenvalue weighted by molar-refractivity contribution is 6.70. The van der Waals surface area contributed by atoms with Gasteiger partial charge in [0, 0.05) is 6.42 Å². The van der Waals surface area contributed by atoms with Crippen LogP contribution in [0.1, 0.15) is 73.1 Å². The molecular weight excluding hydrogens is 344 g/mol. The zero-order valence-corrected chi connectivity index (χ0v) is 20.3. The van der Waals surface area contributed by atoms with Crippen LogP contribution in [0.5, 0.6) is 0 Å². The predicted molar refractivity (Wildman–Crippen MR) is 118 cm³/mol. The van der Waals surface area contributed by atoms with Crippen molar-refractivity contribution < 1.29 is 4.43 Å². The van der Waals surface area contributed by atoms with Crippen LogP contribution in [0.4, 0.5) is 0 Å². The highest BCUT2D eigenvalue weighted by Crippen LogP contribution is 2.69. The molecule has 0 aromatic heterocycles. The Kier molecular flexibility index (Phi) is 4.73. The summed E-state index contributed by atoms with van der Waals surface area (Å²) in [5.41, 5.74) is 1.12. The van der Waals surface area contributed by atoms with Gasteiger partial charge in [0.25, 0.3) is 0 Å². The van der Waals surface area contributed by atoms with Crippen molar-refractivity contribution in [2.24, 2.45) is 52.3 Å².